The number of nitrogens with zero attached hydrogens (tertiary/aromatic N) is 3. The average molecular weight is 389 g/mol. The van der Waals surface area contributed by atoms with Gasteiger partial charge in [0.2, 0.25) is 5.91 Å². The monoisotopic (exact) mass is 389 g/mol. The maximum Gasteiger partial charge on any atom is 0.251 e. The zero-order valence-corrected chi connectivity index (χ0v) is 16.0. The van der Waals surface area contributed by atoms with E-state index in [1.165, 1.54) is 18.2 Å². The number of carbonyl (C=O) groups is 2. The average Bonchev–Trinajstić information content (AvgIpc) is 2.68. The molecule has 8 nitrogen and oxygen atoms in total. The van der Waals surface area contributed by atoms with E-state index in [9.17, 15) is 9.59 Å². The second kappa shape index (κ2) is 9.03. The van der Waals surface area contributed by atoms with Gasteiger partial charge in [-0.25, -0.2) is 0 Å². The number of carbonyl (C=O) groups excluding carboxylic acids is 2. The SMILES string of the molecule is COc1ccccc1N1C(=O)[C@H](C=NCCN2CCNCC2)C(=O)NC1=S. The lowest BCUT2D eigenvalue weighted by Crippen LogP contribution is -2.58. The van der Waals surface area contributed by atoms with Crippen LogP contribution in [-0.2, 0) is 9.59 Å². The summed E-state index contributed by atoms with van der Waals surface area (Å²) in [6.45, 7) is 5.24. The van der Waals surface area contributed by atoms with Crippen molar-refractivity contribution in [2.75, 3.05) is 51.3 Å². The first-order chi connectivity index (χ1) is 13.1. The van der Waals surface area contributed by atoms with Crippen LogP contribution in [0.3, 0.4) is 0 Å². The van der Waals surface area contributed by atoms with E-state index >= 15 is 0 Å². The highest BCUT2D eigenvalue weighted by Crippen LogP contribution is 2.30. The van der Waals surface area contributed by atoms with Gasteiger partial charge in [-0.2, -0.15) is 0 Å². The van der Waals surface area contributed by atoms with Gasteiger partial charge in [0, 0.05) is 38.9 Å². The Labute approximate surface area is 163 Å². The summed E-state index contributed by atoms with van der Waals surface area (Å²) in [5.74, 6) is -1.40. The molecule has 1 aromatic rings. The van der Waals surface area contributed by atoms with E-state index < -0.39 is 17.7 Å². The number of para-hydroxylation sites is 2. The lowest BCUT2D eigenvalue weighted by molar-refractivity contribution is -0.130. The topological polar surface area (TPSA) is 86.3 Å². The fourth-order valence-corrected chi connectivity index (χ4v) is 3.37. The van der Waals surface area contributed by atoms with E-state index in [1.54, 1.807) is 24.3 Å². The zero-order chi connectivity index (χ0) is 19.2. The van der Waals surface area contributed by atoms with E-state index in [0.717, 1.165) is 32.7 Å². The fourth-order valence-electron chi connectivity index (χ4n) is 3.08. The summed E-state index contributed by atoms with van der Waals surface area (Å²) in [4.78, 5) is 33.1. The highest BCUT2D eigenvalue weighted by atomic mass is 32.1. The normalized spacial score (nSPS) is 21.6. The predicted octanol–water partition coefficient (Wildman–Crippen LogP) is 0.0351. The molecule has 0 spiro atoms. The Morgan fingerprint density at radius 2 is 2.04 bits per heavy atom. The number of ether oxygens (including phenoxy) is 1. The molecule has 2 aliphatic heterocycles. The van der Waals surface area contributed by atoms with Crippen LogP contribution in [0.5, 0.6) is 5.75 Å². The maximum atomic E-state index is 12.9. The Kier molecular flexibility index (Phi) is 6.49. The molecule has 0 bridgehead atoms. The number of methoxy groups -OCH3 is 1. The van der Waals surface area contributed by atoms with Gasteiger partial charge >= 0.3 is 0 Å². The lowest BCUT2D eigenvalue weighted by Gasteiger charge is -2.31. The number of piperazine rings is 1. The van der Waals surface area contributed by atoms with Crippen LogP contribution in [0.2, 0.25) is 0 Å². The first-order valence-electron chi connectivity index (χ1n) is 8.86. The molecular formula is C18H23N5O3S. The van der Waals surface area contributed by atoms with Gasteiger partial charge in [-0.05, 0) is 24.4 Å². The van der Waals surface area contributed by atoms with Crippen LogP contribution in [-0.4, -0.2) is 74.4 Å². The molecule has 0 radical (unpaired) electrons. The van der Waals surface area contributed by atoms with Gasteiger partial charge in [-0.3, -0.25) is 24.4 Å². The summed E-state index contributed by atoms with van der Waals surface area (Å²) in [5.41, 5.74) is 0.495. The summed E-state index contributed by atoms with van der Waals surface area (Å²) in [5, 5.41) is 5.92. The highest BCUT2D eigenvalue weighted by Gasteiger charge is 2.39. The molecular weight excluding hydrogens is 366 g/mol. The summed E-state index contributed by atoms with van der Waals surface area (Å²) in [6.07, 6.45) is 1.42. The van der Waals surface area contributed by atoms with Gasteiger partial charge in [0.25, 0.3) is 5.91 Å². The van der Waals surface area contributed by atoms with E-state index in [4.69, 9.17) is 17.0 Å². The lowest BCUT2D eigenvalue weighted by atomic mass is 10.1. The van der Waals surface area contributed by atoms with Crippen LogP contribution < -0.4 is 20.3 Å². The number of thiocarbonyl (C=S) groups is 1. The number of amides is 2. The van der Waals surface area contributed by atoms with E-state index in [0.29, 0.717) is 18.0 Å². The second-order valence-electron chi connectivity index (χ2n) is 6.26. The van der Waals surface area contributed by atoms with Crippen molar-refractivity contribution in [2.24, 2.45) is 10.9 Å². The molecule has 3 rings (SSSR count). The van der Waals surface area contributed by atoms with Gasteiger partial charge in [-0.15, -0.1) is 0 Å². The molecule has 2 fully saturated rings. The third kappa shape index (κ3) is 4.49. The highest BCUT2D eigenvalue weighted by molar-refractivity contribution is 7.80. The van der Waals surface area contributed by atoms with Crippen molar-refractivity contribution in [1.29, 1.82) is 0 Å². The Hall–Kier alpha value is -2.36. The van der Waals surface area contributed by atoms with Crippen LogP contribution >= 0.6 is 12.2 Å². The van der Waals surface area contributed by atoms with Gasteiger partial charge in [0.15, 0.2) is 11.0 Å². The Balaban J connectivity index is 1.69. The molecule has 0 saturated carbocycles. The maximum absolute atomic E-state index is 12.9. The smallest absolute Gasteiger partial charge is 0.251 e. The summed E-state index contributed by atoms with van der Waals surface area (Å²) in [6, 6.07) is 7.03. The van der Waals surface area contributed by atoms with Crippen molar-refractivity contribution >= 4 is 41.0 Å². The van der Waals surface area contributed by atoms with Crippen LogP contribution in [0.4, 0.5) is 5.69 Å². The zero-order valence-electron chi connectivity index (χ0n) is 15.2. The molecule has 2 saturated heterocycles. The molecule has 2 aliphatic rings. The van der Waals surface area contributed by atoms with Crippen LogP contribution in [0.25, 0.3) is 0 Å². The van der Waals surface area contributed by atoms with E-state index in [2.05, 4.69) is 20.5 Å². The summed E-state index contributed by atoms with van der Waals surface area (Å²) < 4.78 is 5.31. The number of nitrogens with one attached hydrogen (secondary N) is 2. The number of hydrogen-bond donors (Lipinski definition) is 2. The summed E-state index contributed by atoms with van der Waals surface area (Å²) in [7, 11) is 1.52. The molecule has 27 heavy (non-hydrogen) atoms. The minimum absolute atomic E-state index is 0.0416. The van der Waals surface area contributed by atoms with Crippen LogP contribution in [0.15, 0.2) is 29.3 Å². The first-order valence-corrected chi connectivity index (χ1v) is 9.27. The fraction of sp³-hybridized carbons (Fsp3) is 0.444. The molecule has 144 valence electrons. The Morgan fingerprint density at radius 1 is 1.30 bits per heavy atom. The van der Waals surface area contributed by atoms with Gasteiger partial charge < -0.3 is 15.4 Å². The summed E-state index contributed by atoms with van der Waals surface area (Å²) >= 11 is 5.21. The standard InChI is InChI=1S/C18H23N5O3S/c1-26-15-5-3-2-4-14(15)23-17(25)13(16(24)21-18(23)27)12-20-8-11-22-9-6-19-7-10-22/h2-5,12-13,19H,6-11H2,1H3,(H,21,24,27)/t13-/m1/s1. The first kappa shape index (κ1) is 19.4. The van der Waals surface area contributed by atoms with Crippen molar-refractivity contribution in [3.63, 3.8) is 0 Å². The van der Waals surface area contributed by atoms with Crippen molar-refractivity contribution < 1.29 is 14.3 Å². The van der Waals surface area contributed by atoms with Crippen LogP contribution in [0, 0.1) is 5.92 Å². The van der Waals surface area contributed by atoms with E-state index in [-0.39, 0.29) is 5.11 Å². The van der Waals surface area contributed by atoms with Gasteiger partial charge in [0.1, 0.15) is 5.75 Å². The Bertz CT molecular complexity index is 748. The molecule has 2 amide bonds. The predicted molar refractivity (Wildman–Crippen MR) is 107 cm³/mol. The second-order valence-corrected chi connectivity index (χ2v) is 6.65. The van der Waals surface area contributed by atoms with Gasteiger partial charge in [0.05, 0.1) is 19.3 Å². The Morgan fingerprint density at radius 3 is 2.78 bits per heavy atom. The number of aliphatic imine (C=N–C) groups is 1. The number of anilines is 1. The molecule has 9 heteroatoms. The number of hydrogen-bond acceptors (Lipinski definition) is 7. The third-order valence-corrected chi connectivity index (χ3v) is 4.82. The molecule has 0 unspecified atom stereocenters. The molecule has 2 heterocycles. The largest absolute Gasteiger partial charge is 0.495 e. The minimum Gasteiger partial charge on any atom is -0.495 e. The number of benzene rings is 1. The molecule has 2 N–H and O–H groups in total. The van der Waals surface area contributed by atoms with Crippen molar-refractivity contribution in [3.8, 4) is 5.75 Å². The molecule has 1 atom stereocenters. The van der Waals surface area contributed by atoms with Crippen LogP contribution in [0.1, 0.15) is 0 Å². The van der Waals surface area contributed by atoms with Crippen molar-refractivity contribution in [2.45, 2.75) is 0 Å². The van der Waals surface area contributed by atoms with Crippen molar-refractivity contribution in [1.82, 2.24) is 15.5 Å². The molecule has 0 aliphatic carbocycles. The van der Waals surface area contributed by atoms with Gasteiger partial charge in [-0.1, -0.05) is 12.1 Å². The third-order valence-electron chi connectivity index (χ3n) is 4.54. The van der Waals surface area contributed by atoms with E-state index in [1.807, 2.05) is 0 Å². The minimum atomic E-state index is -1.01. The van der Waals surface area contributed by atoms with Crippen molar-refractivity contribution in [3.05, 3.63) is 24.3 Å². The quantitative estimate of drug-likeness (QED) is 0.406. The number of rotatable bonds is 6. The molecule has 0 aromatic heterocycles. The molecule has 1 aromatic carbocycles.